The third-order valence-electron chi connectivity index (χ3n) is 5.48. The summed E-state index contributed by atoms with van der Waals surface area (Å²) in [5, 5.41) is 15.1. The van der Waals surface area contributed by atoms with Gasteiger partial charge in [0.15, 0.2) is 5.82 Å². The highest BCUT2D eigenvalue weighted by Gasteiger charge is 2.15. The molecule has 0 fully saturated rings. The van der Waals surface area contributed by atoms with Crippen LogP contribution in [-0.2, 0) is 7.05 Å². The van der Waals surface area contributed by atoms with Crippen molar-refractivity contribution in [3.8, 4) is 22.4 Å². The first-order valence-corrected chi connectivity index (χ1v) is 10.2. The first-order chi connectivity index (χ1) is 14.9. The van der Waals surface area contributed by atoms with Gasteiger partial charge in [0.25, 0.3) is 0 Å². The summed E-state index contributed by atoms with van der Waals surface area (Å²) in [5.41, 5.74) is 9.03. The molecule has 4 aromatic heterocycles. The molecule has 0 aliphatic rings. The number of aryl methyl sites for hydroxylation is 4. The number of fused-ring (bicyclic) bond motifs is 1. The van der Waals surface area contributed by atoms with E-state index >= 15 is 0 Å². The van der Waals surface area contributed by atoms with Crippen LogP contribution in [0.1, 0.15) is 22.8 Å². The van der Waals surface area contributed by atoms with E-state index in [0.29, 0.717) is 11.8 Å². The van der Waals surface area contributed by atoms with Crippen molar-refractivity contribution in [2.24, 2.45) is 7.05 Å². The predicted octanol–water partition coefficient (Wildman–Crippen LogP) is 4.50. The van der Waals surface area contributed by atoms with E-state index in [4.69, 9.17) is 4.98 Å². The summed E-state index contributed by atoms with van der Waals surface area (Å²) in [5.74, 6) is 1.38. The van der Waals surface area contributed by atoms with E-state index in [1.165, 1.54) is 0 Å². The fourth-order valence-electron chi connectivity index (χ4n) is 3.97. The van der Waals surface area contributed by atoms with Crippen molar-refractivity contribution in [2.45, 2.75) is 27.7 Å². The van der Waals surface area contributed by atoms with Gasteiger partial charge in [-0.3, -0.25) is 14.2 Å². The van der Waals surface area contributed by atoms with E-state index in [-0.39, 0.29) is 0 Å². The molecule has 0 amide bonds. The molecule has 0 atom stereocenters. The Morgan fingerprint density at radius 2 is 1.77 bits per heavy atom. The fraction of sp³-hybridized carbons (Fsp3) is 0.217. The number of aromatic amines is 1. The number of rotatable bonds is 4. The fourth-order valence-corrected chi connectivity index (χ4v) is 3.97. The normalized spacial score (nSPS) is 11.4. The van der Waals surface area contributed by atoms with Crippen LogP contribution in [-0.4, -0.2) is 34.3 Å². The third-order valence-corrected chi connectivity index (χ3v) is 5.48. The quantitative estimate of drug-likeness (QED) is 0.454. The second-order valence-corrected chi connectivity index (χ2v) is 7.89. The number of H-pyrrole nitrogens is 1. The van der Waals surface area contributed by atoms with E-state index in [1.807, 2.05) is 55.2 Å². The molecule has 4 heterocycles. The molecular weight excluding hydrogens is 388 g/mol. The molecule has 0 unspecified atom stereocenters. The molecule has 31 heavy (non-hydrogen) atoms. The van der Waals surface area contributed by atoms with E-state index in [2.05, 4.69) is 56.8 Å². The van der Waals surface area contributed by atoms with Gasteiger partial charge in [-0.05, 0) is 39.3 Å². The molecular formula is C23H24N8. The standard InChI is InChI=1S/C23H24N8/c1-13-9-20(28-27-13)26-23-25-19(11-21-24-14(2)12-31(21)23)17-7-6-8-18(10-17)22-15(3)29-30(5)16(22)4/h6-12H,1-5H3,(H2,25,26,27,28). The number of anilines is 2. The first-order valence-electron chi connectivity index (χ1n) is 10.2. The number of nitrogens with one attached hydrogen (secondary N) is 2. The molecule has 0 saturated heterocycles. The molecule has 8 nitrogen and oxygen atoms in total. The molecule has 0 bridgehead atoms. The Hall–Kier alpha value is -3.94. The molecule has 2 N–H and O–H groups in total. The van der Waals surface area contributed by atoms with E-state index in [0.717, 1.165) is 50.8 Å². The van der Waals surface area contributed by atoms with Crippen LogP contribution in [0, 0.1) is 27.7 Å². The van der Waals surface area contributed by atoms with Crippen LogP contribution >= 0.6 is 0 Å². The Morgan fingerprint density at radius 3 is 2.48 bits per heavy atom. The maximum absolute atomic E-state index is 4.91. The summed E-state index contributed by atoms with van der Waals surface area (Å²) in [4.78, 5) is 9.57. The van der Waals surface area contributed by atoms with E-state index in [9.17, 15) is 0 Å². The second kappa shape index (κ2) is 7.09. The number of aromatic nitrogens is 7. The van der Waals surface area contributed by atoms with Crippen molar-refractivity contribution in [2.75, 3.05) is 5.32 Å². The van der Waals surface area contributed by atoms with Crippen LogP contribution < -0.4 is 5.32 Å². The number of hydrogen-bond acceptors (Lipinski definition) is 5. The van der Waals surface area contributed by atoms with Crippen LogP contribution in [0.2, 0.25) is 0 Å². The highest BCUT2D eigenvalue weighted by atomic mass is 15.3. The summed E-state index contributed by atoms with van der Waals surface area (Å²) in [6.07, 6.45) is 1.97. The molecule has 5 rings (SSSR count). The largest absolute Gasteiger partial charge is 0.308 e. The third kappa shape index (κ3) is 3.35. The molecule has 0 aliphatic heterocycles. The zero-order valence-electron chi connectivity index (χ0n) is 18.2. The molecule has 0 saturated carbocycles. The van der Waals surface area contributed by atoms with Crippen LogP contribution in [0.15, 0.2) is 42.6 Å². The summed E-state index contributed by atoms with van der Waals surface area (Å²) < 4.78 is 3.87. The Balaban J connectivity index is 1.63. The smallest absolute Gasteiger partial charge is 0.215 e. The molecule has 0 aliphatic carbocycles. The minimum Gasteiger partial charge on any atom is -0.308 e. The number of benzene rings is 1. The zero-order valence-corrected chi connectivity index (χ0v) is 18.2. The average molecular weight is 413 g/mol. The number of imidazole rings is 1. The molecule has 1 aromatic carbocycles. The van der Waals surface area contributed by atoms with Gasteiger partial charge in [-0.25, -0.2) is 9.97 Å². The van der Waals surface area contributed by atoms with Gasteiger partial charge >= 0.3 is 0 Å². The van der Waals surface area contributed by atoms with Crippen LogP contribution in [0.4, 0.5) is 11.8 Å². The molecule has 5 aromatic rings. The van der Waals surface area contributed by atoms with Crippen molar-refractivity contribution in [1.29, 1.82) is 0 Å². The molecule has 0 spiro atoms. The predicted molar refractivity (Wildman–Crippen MR) is 121 cm³/mol. The maximum Gasteiger partial charge on any atom is 0.215 e. The van der Waals surface area contributed by atoms with Crippen LogP contribution in [0.5, 0.6) is 0 Å². The van der Waals surface area contributed by atoms with Crippen molar-refractivity contribution >= 4 is 17.4 Å². The van der Waals surface area contributed by atoms with Gasteiger partial charge < -0.3 is 5.32 Å². The van der Waals surface area contributed by atoms with Gasteiger partial charge in [-0.15, -0.1) is 0 Å². The van der Waals surface area contributed by atoms with Gasteiger partial charge in [0.1, 0.15) is 5.65 Å². The van der Waals surface area contributed by atoms with E-state index < -0.39 is 0 Å². The van der Waals surface area contributed by atoms with Crippen molar-refractivity contribution < 1.29 is 0 Å². The van der Waals surface area contributed by atoms with Gasteiger partial charge in [-0.1, -0.05) is 18.2 Å². The maximum atomic E-state index is 4.91. The SMILES string of the molecule is Cc1cn2c(Nc3cc(C)[nH]n3)nc(-c3cccc(-c4c(C)nn(C)c4C)c3)cc2n1. The Bertz CT molecular complexity index is 1420. The Kier molecular flexibility index (Phi) is 4.35. The minimum atomic E-state index is 0.666. The van der Waals surface area contributed by atoms with Crippen molar-refractivity contribution in [1.82, 2.24) is 34.3 Å². The van der Waals surface area contributed by atoms with E-state index in [1.54, 1.807) is 0 Å². The average Bonchev–Trinajstić information content (AvgIpc) is 3.39. The lowest BCUT2D eigenvalue weighted by Gasteiger charge is -2.10. The lowest BCUT2D eigenvalue weighted by atomic mass is 10.00. The lowest BCUT2D eigenvalue weighted by Crippen LogP contribution is -2.03. The Labute approximate surface area is 180 Å². The lowest BCUT2D eigenvalue weighted by molar-refractivity contribution is 0.731. The van der Waals surface area contributed by atoms with Gasteiger partial charge in [0, 0.05) is 47.9 Å². The monoisotopic (exact) mass is 412 g/mol. The summed E-state index contributed by atoms with van der Waals surface area (Å²) in [6.45, 7) is 8.07. The van der Waals surface area contributed by atoms with Crippen molar-refractivity contribution in [3.63, 3.8) is 0 Å². The van der Waals surface area contributed by atoms with Crippen LogP contribution in [0.25, 0.3) is 28.0 Å². The second-order valence-electron chi connectivity index (χ2n) is 7.89. The zero-order chi connectivity index (χ0) is 21.7. The van der Waals surface area contributed by atoms with Gasteiger partial charge in [-0.2, -0.15) is 10.2 Å². The molecule has 0 radical (unpaired) electrons. The van der Waals surface area contributed by atoms with Gasteiger partial charge in [0.2, 0.25) is 5.95 Å². The molecule has 8 heteroatoms. The highest BCUT2D eigenvalue weighted by molar-refractivity contribution is 5.76. The summed E-state index contributed by atoms with van der Waals surface area (Å²) in [7, 11) is 1.97. The van der Waals surface area contributed by atoms with Crippen molar-refractivity contribution in [3.05, 3.63) is 65.4 Å². The summed E-state index contributed by atoms with van der Waals surface area (Å²) >= 11 is 0. The van der Waals surface area contributed by atoms with Gasteiger partial charge in [0.05, 0.1) is 17.1 Å². The number of hydrogen-bond donors (Lipinski definition) is 2. The summed E-state index contributed by atoms with van der Waals surface area (Å²) in [6, 6.07) is 12.4. The van der Waals surface area contributed by atoms with Crippen LogP contribution in [0.3, 0.4) is 0 Å². The first kappa shape index (κ1) is 19.0. The molecule has 156 valence electrons. The Morgan fingerprint density at radius 1 is 0.968 bits per heavy atom. The number of nitrogens with zero attached hydrogens (tertiary/aromatic N) is 6. The highest BCUT2D eigenvalue weighted by Crippen LogP contribution is 2.31. The topological polar surface area (TPSA) is 88.7 Å². The minimum absolute atomic E-state index is 0.666.